The van der Waals surface area contributed by atoms with Crippen molar-refractivity contribution in [2.24, 2.45) is 0 Å². The van der Waals surface area contributed by atoms with Crippen molar-refractivity contribution in [3.05, 3.63) is 42.4 Å². The number of ether oxygens (including phenoxy) is 1. The maximum absolute atomic E-state index is 5.40. The van der Waals surface area contributed by atoms with Crippen LogP contribution in [-0.4, -0.2) is 30.7 Å². The molecule has 2 rings (SSSR count). The van der Waals surface area contributed by atoms with Gasteiger partial charge in [-0.25, -0.2) is 4.98 Å². The van der Waals surface area contributed by atoms with E-state index in [1.54, 1.807) is 19.5 Å². The smallest absolute Gasteiger partial charge is 0.151 e. The molecular weight excluding hydrogens is 264 g/mol. The molecule has 0 saturated carbocycles. The zero-order valence-corrected chi connectivity index (χ0v) is 12.8. The average Bonchev–Trinajstić information content (AvgIpc) is 2.54. The summed E-state index contributed by atoms with van der Waals surface area (Å²) >= 11 is 0. The Bertz CT molecular complexity index is 574. The van der Waals surface area contributed by atoms with Crippen LogP contribution >= 0.6 is 0 Å². The van der Waals surface area contributed by atoms with E-state index in [4.69, 9.17) is 4.74 Å². The van der Waals surface area contributed by atoms with Crippen LogP contribution in [0.3, 0.4) is 0 Å². The number of para-hydroxylation sites is 2. The van der Waals surface area contributed by atoms with Crippen molar-refractivity contribution in [2.75, 3.05) is 25.6 Å². The number of nitrogens with one attached hydrogen (secondary N) is 1. The number of aromatic nitrogens is 2. The molecule has 0 saturated heterocycles. The molecule has 0 aliphatic rings. The van der Waals surface area contributed by atoms with Crippen LogP contribution in [0.15, 0.2) is 36.7 Å². The van der Waals surface area contributed by atoms with Crippen LogP contribution in [0.1, 0.15) is 19.0 Å². The molecule has 0 aliphatic heterocycles. The minimum absolute atomic E-state index is 0.731. The van der Waals surface area contributed by atoms with E-state index in [2.05, 4.69) is 22.2 Å². The molecule has 0 spiro atoms. The van der Waals surface area contributed by atoms with Gasteiger partial charge in [-0.3, -0.25) is 4.98 Å². The van der Waals surface area contributed by atoms with Gasteiger partial charge in [-0.15, -0.1) is 0 Å². The van der Waals surface area contributed by atoms with Crippen LogP contribution < -0.4 is 15.0 Å². The highest BCUT2D eigenvalue weighted by Crippen LogP contribution is 2.30. The molecule has 0 atom stereocenters. The molecule has 0 aliphatic carbocycles. The lowest BCUT2D eigenvalue weighted by Crippen LogP contribution is -2.17. The second kappa shape index (κ2) is 7.59. The highest BCUT2D eigenvalue weighted by Gasteiger charge is 2.11. The lowest BCUT2D eigenvalue weighted by atomic mass is 10.2. The number of nitrogens with zero attached hydrogens (tertiary/aromatic N) is 3. The molecule has 0 radical (unpaired) electrons. The van der Waals surface area contributed by atoms with E-state index >= 15 is 0 Å². The number of hydrogen-bond donors (Lipinski definition) is 1. The molecule has 0 amide bonds. The largest absolute Gasteiger partial charge is 0.495 e. The van der Waals surface area contributed by atoms with Gasteiger partial charge in [0.25, 0.3) is 0 Å². The first kappa shape index (κ1) is 15.3. The predicted molar refractivity (Wildman–Crippen MR) is 85.1 cm³/mol. The van der Waals surface area contributed by atoms with Gasteiger partial charge in [0.2, 0.25) is 0 Å². The maximum atomic E-state index is 5.40. The van der Waals surface area contributed by atoms with Crippen LogP contribution in [0.4, 0.5) is 11.5 Å². The van der Waals surface area contributed by atoms with Gasteiger partial charge in [-0.2, -0.15) is 0 Å². The van der Waals surface area contributed by atoms with Crippen molar-refractivity contribution in [1.82, 2.24) is 15.3 Å². The summed E-state index contributed by atoms with van der Waals surface area (Å²) in [5, 5.41) is 3.33. The van der Waals surface area contributed by atoms with Gasteiger partial charge in [0.1, 0.15) is 5.75 Å². The van der Waals surface area contributed by atoms with Crippen molar-refractivity contribution >= 4 is 11.5 Å². The fourth-order valence-corrected chi connectivity index (χ4v) is 2.07. The van der Waals surface area contributed by atoms with Gasteiger partial charge in [-0.05, 0) is 25.1 Å². The van der Waals surface area contributed by atoms with Crippen molar-refractivity contribution < 1.29 is 4.74 Å². The van der Waals surface area contributed by atoms with Crippen LogP contribution in [0, 0.1) is 0 Å². The Balaban J connectivity index is 2.18. The Morgan fingerprint density at radius 1 is 1.24 bits per heavy atom. The molecule has 5 heteroatoms. The summed E-state index contributed by atoms with van der Waals surface area (Å²) in [6, 6.07) is 7.87. The predicted octanol–water partition coefficient (Wildman–Crippen LogP) is 2.75. The fourth-order valence-electron chi connectivity index (χ4n) is 2.07. The summed E-state index contributed by atoms with van der Waals surface area (Å²) in [4.78, 5) is 10.9. The maximum Gasteiger partial charge on any atom is 0.151 e. The quantitative estimate of drug-likeness (QED) is 0.793. The van der Waals surface area contributed by atoms with Crippen molar-refractivity contribution in [3.8, 4) is 5.75 Å². The van der Waals surface area contributed by atoms with Gasteiger partial charge in [0, 0.05) is 19.8 Å². The Labute approximate surface area is 126 Å². The molecule has 1 aromatic heterocycles. The molecule has 1 N–H and O–H groups in total. The first-order valence-corrected chi connectivity index (χ1v) is 7.14. The second-order valence-electron chi connectivity index (χ2n) is 4.78. The summed E-state index contributed by atoms with van der Waals surface area (Å²) in [5.41, 5.74) is 1.90. The lowest BCUT2D eigenvalue weighted by molar-refractivity contribution is 0.415. The van der Waals surface area contributed by atoms with E-state index in [1.165, 1.54) is 0 Å². The highest BCUT2D eigenvalue weighted by molar-refractivity contribution is 5.65. The number of rotatable bonds is 7. The van der Waals surface area contributed by atoms with E-state index in [-0.39, 0.29) is 0 Å². The topological polar surface area (TPSA) is 50.3 Å². The zero-order chi connectivity index (χ0) is 15.1. The first-order chi connectivity index (χ1) is 10.3. The molecule has 5 nitrogen and oxygen atoms in total. The van der Waals surface area contributed by atoms with Crippen LogP contribution in [-0.2, 0) is 6.54 Å². The third-order valence-corrected chi connectivity index (χ3v) is 3.19. The molecular formula is C16H22N4O. The zero-order valence-electron chi connectivity index (χ0n) is 12.8. The molecule has 1 heterocycles. The minimum atomic E-state index is 0.731. The van der Waals surface area contributed by atoms with Gasteiger partial charge in [0.05, 0.1) is 24.7 Å². The summed E-state index contributed by atoms with van der Waals surface area (Å²) in [6.45, 7) is 3.85. The van der Waals surface area contributed by atoms with Crippen LogP contribution in [0.25, 0.3) is 0 Å². The Morgan fingerprint density at radius 3 is 2.81 bits per heavy atom. The Kier molecular flexibility index (Phi) is 5.51. The van der Waals surface area contributed by atoms with Gasteiger partial charge in [-0.1, -0.05) is 19.1 Å². The first-order valence-electron chi connectivity index (χ1n) is 7.14. The number of anilines is 2. The van der Waals surface area contributed by atoms with Crippen molar-refractivity contribution in [3.63, 3.8) is 0 Å². The fraction of sp³-hybridized carbons (Fsp3) is 0.375. The van der Waals surface area contributed by atoms with Crippen molar-refractivity contribution in [1.29, 1.82) is 0 Å². The third-order valence-electron chi connectivity index (χ3n) is 3.19. The number of methoxy groups -OCH3 is 1. The molecule has 1 aromatic carbocycles. The third kappa shape index (κ3) is 3.92. The Morgan fingerprint density at radius 2 is 2.05 bits per heavy atom. The van der Waals surface area contributed by atoms with E-state index in [0.717, 1.165) is 42.5 Å². The minimum Gasteiger partial charge on any atom is -0.495 e. The van der Waals surface area contributed by atoms with E-state index in [0.29, 0.717) is 0 Å². The molecule has 2 aromatic rings. The van der Waals surface area contributed by atoms with Crippen molar-refractivity contribution in [2.45, 2.75) is 19.9 Å². The van der Waals surface area contributed by atoms with Crippen LogP contribution in [0.2, 0.25) is 0 Å². The van der Waals surface area contributed by atoms with Gasteiger partial charge < -0.3 is 15.0 Å². The molecule has 0 bridgehead atoms. The average molecular weight is 286 g/mol. The summed E-state index contributed by atoms with van der Waals surface area (Å²) in [5.74, 6) is 1.62. The molecule has 0 fully saturated rings. The highest BCUT2D eigenvalue weighted by atomic mass is 16.5. The molecule has 0 unspecified atom stereocenters. The molecule has 21 heavy (non-hydrogen) atoms. The monoisotopic (exact) mass is 286 g/mol. The van der Waals surface area contributed by atoms with E-state index < -0.39 is 0 Å². The normalized spacial score (nSPS) is 10.4. The summed E-state index contributed by atoms with van der Waals surface area (Å²) in [7, 11) is 3.63. The summed E-state index contributed by atoms with van der Waals surface area (Å²) < 4.78 is 5.40. The standard InChI is InChI=1S/C16H22N4O/c1-4-9-17-10-13-11-18-12-16(19-13)20(2)14-7-5-6-8-15(14)21-3/h5-8,11-12,17H,4,9-10H2,1-3H3. The molecule has 112 valence electrons. The number of benzene rings is 1. The van der Waals surface area contributed by atoms with Gasteiger partial charge in [0.15, 0.2) is 5.82 Å². The second-order valence-corrected chi connectivity index (χ2v) is 4.78. The van der Waals surface area contributed by atoms with Crippen LogP contribution in [0.5, 0.6) is 5.75 Å². The lowest BCUT2D eigenvalue weighted by Gasteiger charge is -2.20. The van der Waals surface area contributed by atoms with E-state index in [1.807, 2.05) is 36.2 Å². The van der Waals surface area contributed by atoms with Gasteiger partial charge >= 0.3 is 0 Å². The number of hydrogen-bond acceptors (Lipinski definition) is 5. The van der Waals surface area contributed by atoms with E-state index in [9.17, 15) is 0 Å². The summed E-state index contributed by atoms with van der Waals surface area (Å²) in [6.07, 6.45) is 4.66. The Hall–Kier alpha value is -2.14. The SMILES string of the molecule is CCCNCc1cncc(N(C)c2ccccc2OC)n1.